The summed E-state index contributed by atoms with van der Waals surface area (Å²) >= 11 is 0. The van der Waals surface area contributed by atoms with Gasteiger partial charge < -0.3 is 15.5 Å². The van der Waals surface area contributed by atoms with Crippen LogP contribution in [-0.4, -0.2) is 50.6 Å². The summed E-state index contributed by atoms with van der Waals surface area (Å²) in [7, 11) is 0. The molecule has 2 aromatic rings. The van der Waals surface area contributed by atoms with Crippen LogP contribution in [0.1, 0.15) is 44.0 Å². The number of nitrogens with zero attached hydrogens (tertiary/aromatic N) is 4. The smallest absolute Gasteiger partial charge is 0.318 e. The number of hydrogen-bond donors (Lipinski definition) is 2. The number of carbonyl (C=O) groups is 2. The Bertz CT molecular complexity index is 788. The molecule has 2 aliphatic heterocycles. The summed E-state index contributed by atoms with van der Waals surface area (Å²) in [4.78, 5) is 26.6. The van der Waals surface area contributed by atoms with Crippen LogP contribution in [0.5, 0.6) is 0 Å². The van der Waals surface area contributed by atoms with Crippen molar-refractivity contribution in [2.75, 3.05) is 13.1 Å². The van der Waals surface area contributed by atoms with E-state index in [2.05, 4.69) is 20.8 Å². The van der Waals surface area contributed by atoms with Crippen LogP contribution in [0, 0.1) is 0 Å². The fourth-order valence-electron chi connectivity index (χ4n) is 3.67. The van der Waals surface area contributed by atoms with Gasteiger partial charge in [0.05, 0.1) is 6.04 Å². The number of likely N-dealkylation sites (tertiary alicyclic amines) is 1. The van der Waals surface area contributed by atoms with Gasteiger partial charge in [-0.25, -0.2) is 4.79 Å². The van der Waals surface area contributed by atoms with E-state index in [0.29, 0.717) is 19.5 Å². The highest BCUT2D eigenvalue weighted by molar-refractivity contribution is 5.87. The maximum absolute atomic E-state index is 12.8. The Morgan fingerprint density at radius 3 is 3.04 bits per heavy atom. The molecular weight excluding hydrogens is 320 g/mol. The van der Waals surface area contributed by atoms with Crippen LogP contribution in [0.2, 0.25) is 0 Å². The van der Waals surface area contributed by atoms with Crippen molar-refractivity contribution < 1.29 is 9.59 Å². The molecule has 3 amide bonds. The zero-order chi connectivity index (χ0) is 17.2. The summed E-state index contributed by atoms with van der Waals surface area (Å²) in [6, 6.07) is 4.97. The zero-order valence-corrected chi connectivity index (χ0v) is 14.0. The Hall–Kier alpha value is -2.64. The van der Waals surface area contributed by atoms with Gasteiger partial charge in [0.15, 0.2) is 11.5 Å². The third-order valence-corrected chi connectivity index (χ3v) is 4.98. The van der Waals surface area contributed by atoms with Gasteiger partial charge in [0.2, 0.25) is 5.91 Å². The third-order valence-electron chi connectivity index (χ3n) is 4.98. The second-order valence-electron chi connectivity index (χ2n) is 6.63. The highest BCUT2D eigenvalue weighted by Gasteiger charge is 2.35. The number of nitrogens with one attached hydrogen (secondary N) is 2. The highest BCUT2D eigenvalue weighted by atomic mass is 16.2. The predicted octanol–water partition coefficient (Wildman–Crippen LogP) is 1.24. The van der Waals surface area contributed by atoms with E-state index in [9.17, 15) is 9.59 Å². The normalized spacial score (nSPS) is 24.2. The van der Waals surface area contributed by atoms with E-state index in [4.69, 9.17) is 0 Å². The summed E-state index contributed by atoms with van der Waals surface area (Å²) < 4.78 is 1.93. The molecule has 0 aliphatic carbocycles. The van der Waals surface area contributed by atoms with Gasteiger partial charge >= 0.3 is 6.03 Å². The van der Waals surface area contributed by atoms with Crippen molar-refractivity contribution in [2.45, 2.75) is 44.2 Å². The topological polar surface area (TPSA) is 91.6 Å². The molecule has 0 bridgehead atoms. The standard InChI is InChI=1S/C17H22N6O2/c24-16-12(6-1-3-9-18-16)19-17(25)22-11-5-7-13(22)15-21-20-14-8-2-4-10-23(14)15/h2,4,8,10,12-13H,1,3,5-7,9,11H2,(H,18,24)(H,19,25)/t12-,13+/m1/s1. The molecular formula is C17H22N6O2. The van der Waals surface area contributed by atoms with Crippen molar-refractivity contribution in [2.24, 2.45) is 0 Å². The molecule has 0 saturated carbocycles. The molecule has 2 aromatic heterocycles. The van der Waals surface area contributed by atoms with Gasteiger partial charge in [-0.05, 0) is 44.2 Å². The van der Waals surface area contributed by atoms with Gasteiger partial charge in [-0.1, -0.05) is 6.07 Å². The maximum atomic E-state index is 12.8. The van der Waals surface area contributed by atoms with Crippen molar-refractivity contribution in [3.8, 4) is 0 Å². The molecule has 0 aromatic carbocycles. The number of aromatic nitrogens is 3. The van der Waals surface area contributed by atoms with Crippen LogP contribution >= 0.6 is 0 Å². The van der Waals surface area contributed by atoms with Crippen LogP contribution in [0.3, 0.4) is 0 Å². The molecule has 8 heteroatoms. The minimum atomic E-state index is -0.452. The summed E-state index contributed by atoms with van der Waals surface area (Å²) in [5.41, 5.74) is 0.771. The molecule has 2 saturated heterocycles. The highest BCUT2D eigenvalue weighted by Crippen LogP contribution is 2.31. The summed E-state index contributed by atoms with van der Waals surface area (Å²) in [6.45, 7) is 1.34. The van der Waals surface area contributed by atoms with Gasteiger partial charge in [-0.3, -0.25) is 9.20 Å². The van der Waals surface area contributed by atoms with Crippen LogP contribution < -0.4 is 10.6 Å². The number of pyridine rings is 1. The molecule has 132 valence electrons. The zero-order valence-electron chi connectivity index (χ0n) is 14.0. The van der Waals surface area contributed by atoms with E-state index < -0.39 is 6.04 Å². The lowest BCUT2D eigenvalue weighted by Gasteiger charge is -2.26. The quantitative estimate of drug-likeness (QED) is 0.859. The summed E-state index contributed by atoms with van der Waals surface area (Å²) in [5, 5.41) is 14.2. The molecule has 0 spiro atoms. The average Bonchev–Trinajstić information content (AvgIpc) is 3.21. The van der Waals surface area contributed by atoms with Crippen molar-refractivity contribution in [3.05, 3.63) is 30.2 Å². The van der Waals surface area contributed by atoms with Gasteiger partial charge in [0.25, 0.3) is 0 Å². The molecule has 2 fully saturated rings. The van der Waals surface area contributed by atoms with Crippen molar-refractivity contribution in [1.82, 2.24) is 30.1 Å². The average molecular weight is 342 g/mol. The number of fused-ring (bicyclic) bond motifs is 1. The molecule has 4 rings (SSSR count). The van der Waals surface area contributed by atoms with Gasteiger partial charge in [0.1, 0.15) is 6.04 Å². The predicted molar refractivity (Wildman–Crippen MR) is 90.8 cm³/mol. The minimum absolute atomic E-state index is 0.0884. The lowest BCUT2D eigenvalue weighted by molar-refractivity contribution is -0.122. The van der Waals surface area contributed by atoms with E-state index in [1.807, 2.05) is 28.8 Å². The van der Waals surface area contributed by atoms with Crippen LogP contribution in [-0.2, 0) is 4.79 Å². The van der Waals surface area contributed by atoms with Crippen molar-refractivity contribution in [1.29, 1.82) is 0 Å². The fourth-order valence-corrected chi connectivity index (χ4v) is 3.67. The van der Waals surface area contributed by atoms with Crippen LogP contribution in [0.4, 0.5) is 4.79 Å². The van der Waals surface area contributed by atoms with Gasteiger partial charge in [-0.15, -0.1) is 10.2 Å². The van der Waals surface area contributed by atoms with E-state index in [1.165, 1.54) is 0 Å². The second kappa shape index (κ2) is 6.70. The lowest BCUT2D eigenvalue weighted by atomic mass is 10.1. The first kappa shape index (κ1) is 15.9. The fraction of sp³-hybridized carbons (Fsp3) is 0.529. The van der Waals surface area contributed by atoms with E-state index >= 15 is 0 Å². The number of hydrogen-bond acceptors (Lipinski definition) is 4. The third kappa shape index (κ3) is 3.04. The molecule has 8 nitrogen and oxygen atoms in total. The SMILES string of the molecule is O=C1NCCCC[C@H]1NC(=O)N1CCC[C@H]1c1nnc2ccccn12. The van der Waals surface area contributed by atoms with E-state index in [-0.39, 0.29) is 18.0 Å². The molecule has 2 atom stereocenters. The second-order valence-corrected chi connectivity index (χ2v) is 6.63. The molecule has 0 radical (unpaired) electrons. The molecule has 4 heterocycles. The maximum Gasteiger partial charge on any atom is 0.318 e. The summed E-state index contributed by atoms with van der Waals surface area (Å²) in [5.74, 6) is 0.683. The number of rotatable bonds is 2. The lowest BCUT2D eigenvalue weighted by Crippen LogP contribution is -2.50. The Morgan fingerprint density at radius 2 is 2.12 bits per heavy atom. The number of carbonyl (C=O) groups excluding carboxylic acids is 2. The number of urea groups is 1. The summed E-state index contributed by atoms with van der Waals surface area (Å²) in [6.07, 6.45) is 6.25. The van der Waals surface area contributed by atoms with Gasteiger partial charge in [0, 0.05) is 19.3 Å². The Morgan fingerprint density at radius 1 is 1.20 bits per heavy atom. The number of amides is 3. The minimum Gasteiger partial charge on any atom is -0.354 e. The van der Waals surface area contributed by atoms with Gasteiger partial charge in [-0.2, -0.15) is 0 Å². The van der Waals surface area contributed by atoms with Crippen LogP contribution in [0.15, 0.2) is 24.4 Å². The first-order valence-corrected chi connectivity index (χ1v) is 8.88. The van der Waals surface area contributed by atoms with Crippen LogP contribution in [0.25, 0.3) is 5.65 Å². The first-order valence-electron chi connectivity index (χ1n) is 8.88. The van der Waals surface area contributed by atoms with E-state index in [1.54, 1.807) is 4.90 Å². The Labute approximate surface area is 145 Å². The molecule has 2 N–H and O–H groups in total. The molecule has 0 unspecified atom stereocenters. The Kier molecular flexibility index (Phi) is 4.25. The monoisotopic (exact) mass is 342 g/mol. The van der Waals surface area contributed by atoms with Crippen molar-refractivity contribution >= 4 is 17.6 Å². The molecule has 25 heavy (non-hydrogen) atoms. The largest absolute Gasteiger partial charge is 0.354 e. The Balaban J connectivity index is 1.53. The first-order chi connectivity index (χ1) is 12.2. The molecule has 2 aliphatic rings. The van der Waals surface area contributed by atoms with Crippen molar-refractivity contribution in [3.63, 3.8) is 0 Å². The van der Waals surface area contributed by atoms with E-state index in [0.717, 1.165) is 37.2 Å².